The Morgan fingerprint density at radius 3 is 2.29 bits per heavy atom. The molecule has 1 heterocycles. The van der Waals surface area contributed by atoms with Crippen LogP contribution in [0.25, 0.3) is 11.1 Å². The highest BCUT2D eigenvalue weighted by Crippen LogP contribution is 2.37. The molecule has 1 amide bonds. The summed E-state index contributed by atoms with van der Waals surface area (Å²) >= 11 is 1.28. The molecule has 0 spiro atoms. The average molecular weight is 440 g/mol. The number of carbonyl (C=O) groups excluding carboxylic acids is 2. The monoisotopic (exact) mass is 439 g/mol. The van der Waals surface area contributed by atoms with E-state index in [1.807, 2.05) is 43.5 Å². The maximum absolute atomic E-state index is 12.8. The molecule has 31 heavy (non-hydrogen) atoms. The zero-order valence-electron chi connectivity index (χ0n) is 17.8. The fourth-order valence-electron chi connectivity index (χ4n) is 3.03. The molecular formula is C24H25NO5S. The molecule has 3 aromatic rings. The summed E-state index contributed by atoms with van der Waals surface area (Å²) in [6, 6.07) is 14.4. The zero-order valence-corrected chi connectivity index (χ0v) is 18.6. The number of rotatable bonds is 9. The molecule has 0 saturated carbocycles. The quantitative estimate of drug-likeness (QED) is 0.437. The number of amides is 1. The Morgan fingerprint density at radius 1 is 0.903 bits per heavy atom. The first-order chi connectivity index (χ1) is 15.1. The highest BCUT2D eigenvalue weighted by molar-refractivity contribution is 7.15. The van der Waals surface area contributed by atoms with Gasteiger partial charge in [-0.2, -0.15) is 0 Å². The van der Waals surface area contributed by atoms with E-state index in [1.165, 1.54) is 11.3 Å². The molecule has 1 N–H and O–H groups in total. The Morgan fingerprint density at radius 2 is 1.61 bits per heavy atom. The lowest BCUT2D eigenvalue weighted by molar-refractivity contribution is 0.0529. The summed E-state index contributed by atoms with van der Waals surface area (Å²) in [6.07, 6.45) is 0. The number of ether oxygens (including phenoxy) is 3. The van der Waals surface area contributed by atoms with Gasteiger partial charge in [-0.1, -0.05) is 18.2 Å². The Labute approximate surface area is 185 Å². The van der Waals surface area contributed by atoms with E-state index in [1.54, 1.807) is 31.2 Å². The fraction of sp³-hybridized carbons (Fsp3) is 0.250. The summed E-state index contributed by atoms with van der Waals surface area (Å²) in [5.41, 5.74) is 2.31. The topological polar surface area (TPSA) is 73.9 Å². The highest BCUT2D eigenvalue weighted by atomic mass is 32.1. The molecule has 2 aromatic carbocycles. The van der Waals surface area contributed by atoms with E-state index in [0.717, 1.165) is 11.3 Å². The van der Waals surface area contributed by atoms with Gasteiger partial charge in [0, 0.05) is 16.5 Å². The van der Waals surface area contributed by atoms with Gasteiger partial charge in [0.25, 0.3) is 5.91 Å². The largest absolute Gasteiger partial charge is 0.494 e. The third-order valence-corrected chi connectivity index (χ3v) is 5.28. The number of esters is 1. The van der Waals surface area contributed by atoms with E-state index in [0.29, 0.717) is 40.7 Å². The number of hydrogen-bond donors (Lipinski definition) is 1. The summed E-state index contributed by atoms with van der Waals surface area (Å²) in [5.74, 6) is 0.557. The molecule has 0 aliphatic carbocycles. The number of carbonyl (C=O) groups is 2. The van der Waals surface area contributed by atoms with Gasteiger partial charge in [0.05, 0.1) is 19.8 Å². The molecule has 0 atom stereocenters. The summed E-state index contributed by atoms with van der Waals surface area (Å²) in [4.78, 5) is 25.6. The number of hydrogen-bond acceptors (Lipinski definition) is 6. The molecule has 1 aromatic heterocycles. The molecule has 7 heteroatoms. The second kappa shape index (κ2) is 10.6. The Kier molecular flexibility index (Phi) is 7.67. The minimum atomic E-state index is -0.481. The Bertz CT molecular complexity index is 1040. The van der Waals surface area contributed by atoms with Gasteiger partial charge in [-0.05, 0) is 56.7 Å². The molecule has 0 bridgehead atoms. The van der Waals surface area contributed by atoms with Crippen LogP contribution in [0.4, 0.5) is 5.00 Å². The van der Waals surface area contributed by atoms with Crippen molar-refractivity contribution < 1.29 is 23.8 Å². The van der Waals surface area contributed by atoms with Gasteiger partial charge in [0.15, 0.2) is 0 Å². The van der Waals surface area contributed by atoms with Crippen LogP contribution in [-0.2, 0) is 4.74 Å². The molecule has 0 unspecified atom stereocenters. The molecule has 0 aliphatic heterocycles. The van der Waals surface area contributed by atoms with Crippen LogP contribution in [0, 0.1) is 0 Å². The van der Waals surface area contributed by atoms with E-state index in [4.69, 9.17) is 14.2 Å². The molecule has 6 nitrogen and oxygen atoms in total. The smallest absolute Gasteiger partial charge is 0.341 e. The minimum Gasteiger partial charge on any atom is -0.494 e. The van der Waals surface area contributed by atoms with Gasteiger partial charge in [0.2, 0.25) is 0 Å². The van der Waals surface area contributed by atoms with Crippen molar-refractivity contribution in [1.29, 1.82) is 0 Å². The number of nitrogens with one attached hydrogen (secondary N) is 1. The fourth-order valence-corrected chi connectivity index (χ4v) is 3.99. The van der Waals surface area contributed by atoms with Crippen LogP contribution in [0.1, 0.15) is 41.5 Å². The second-order valence-electron chi connectivity index (χ2n) is 6.45. The van der Waals surface area contributed by atoms with E-state index >= 15 is 0 Å². The van der Waals surface area contributed by atoms with Crippen molar-refractivity contribution >= 4 is 28.2 Å². The standard InChI is InChI=1S/C24H25NO5S/c1-4-28-18-12-10-16(11-13-18)20-15-31-23(21(20)24(27)30-6-3)25-22(26)17-8-7-9-19(14-17)29-5-2/h7-15H,4-6H2,1-3H3,(H,25,26). The zero-order chi connectivity index (χ0) is 22.2. The molecule has 0 radical (unpaired) electrons. The summed E-state index contributed by atoms with van der Waals surface area (Å²) < 4.78 is 16.2. The summed E-state index contributed by atoms with van der Waals surface area (Å²) in [7, 11) is 0. The number of thiophene rings is 1. The van der Waals surface area contributed by atoms with Gasteiger partial charge in [-0.15, -0.1) is 11.3 Å². The molecule has 0 fully saturated rings. The van der Waals surface area contributed by atoms with Crippen LogP contribution in [-0.4, -0.2) is 31.7 Å². The van der Waals surface area contributed by atoms with Gasteiger partial charge in [0.1, 0.15) is 22.1 Å². The van der Waals surface area contributed by atoms with Crippen molar-refractivity contribution in [2.45, 2.75) is 20.8 Å². The minimum absolute atomic E-state index is 0.237. The van der Waals surface area contributed by atoms with Crippen LogP contribution in [0.5, 0.6) is 11.5 Å². The van der Waals surface area contributed by atoms with E-state index in [-0.39, 0.29) is 12.5 Å². The highest BCUT2D eigenvalue weighted by Gasteiger charge is 2.23. The molecule has 0 aliphatic rings. The Hall–Kier alpha value is -3.32. The summed E-state index contributed by atoms with van der Waals surface area (Å²) in [5, 5.41) is 5.14. The van der Waals surface area contributed by atoms with Crippen molar-refractivity contribution in [2.75, 3.05) is 25.1 Å². The summed E-state index contributed by atoms with van der Waals surface area (Å²) in [6.45, 7) is 6.87. The van der Waals surface area contributed by atoms with Crippen LogP contribution in [0.2, 0.25) is 0 Å². The Balaban J connectivity index is 1.92. The lowest BCUT2D eigenvalue weighted by Crippen LogP contribution is -2.15. The van der Waals surface area contributed by atoms with Gasteiger partial charge < -0.3 is 19.5 Å². The molecule has 3 rings (SSSR count). The van der Waals surface area contributed by atoms with Crippen LogP contribution in [0.15, 0.2) is 53.9 Å². The first-order valence-corrected chi connectivity index (χ1v) is 11.0. The molecule has 162 valence electrons. The van der Waals surface area contributed by atoms with Crippen molar-refractivity contribution in [3.63, 3.8) is 0 Å². The first-order valence-electron chi connectivity index (χ1n) is 10.1. The van der Waals surface area contributed by atoms with Crippen molar-refractivity contribution in [3.05, 3.63) is 65.0 Å². The molecular weight excluding hydrogens is 414 g/mol. The average Bonchev–Trinajstić information content (AvgIpc) is 3.18. The number of benzene rings is 2. The van der Waals surface area contributed by atoms with Gasteiger partial charge >= 0.3 is 5.97 Å². The third-order valence-electron chi connectivity index (χ3n) is 4.38. The second-order valence-corrected chi connectivity index (χ2v) is 7.33. The maximum Gasteiger partial charge on any atom is 0.341 e. The lowest BCUT2D eigenvalue weighted by Gasteiger charge is -2.10. The predicted octanol–water partition coefficient (Wildman–Crippen LogP) is 5.64. The van der Waals surface area contributed by atoms with Crippen molar-refractivity contribution in [1.82, 2.24) is 0 Å². The van der Waals surface area contributed by atoms with E-state index < -0.39 is 5.97 Å². The van der Waals surface area contributed by atoms with E-state index in [2.05, 4.69) is 5.32 Å². The predicted molar refractivity (Wildman–Crippen MR) is 122 cm³/mol. The third kappa shape index (κ3) is 5.44. The first kappa shape index (κ1) is 22.4. The van der Waals surface area contributed by atoms with Gasteiger partial charge in [-0.3, -0.25) is 4.79 Å². The van der Waals surface area contributed by atoms with Crippen molar-refractivity contribution in [2.24, 2.45) is 0 Å². The normalized spacial score (nSPS) is 10.4. The SMILES string of the molecule is CCOC(=O)c1c(-c2ccc(OCC)cc2)csc1NC(=O)c1cccc(OCC)c1. The van der Waals surface area contributed by atoms with Crippen LogP contribution in [0.3, 0.4) is 0 Å². The van der Waals surface area contributed by atoms with Gasteiger partial charge in [-0.25, -0.2) is 4.79 Å². The van der Waals surface area contributed by atoms with E-state index in [9.17, 15) is 9.59 Å². The van der Waals surface area contributed by atoms with Crippen molar-refractivity contribution in [3.8, 4) is 22.6 Å². The lowest BCUT2D eigenvalue weighted by atomic mass is 10.0. The van der Waals surface area contributed by atoms with Crippen LogP contribution >= 0.6 is 11.3 Å². The number of anilines is 1. The van der Waals surface area contributed by atoms with Crippen LogP contribution < -0.4 is 14.8 Å². The maximum atomic E-state index is 12.8. The molecule has 0 saturated heterocycles.